The number of carbonyl (C=O) groups is 2. The van der Waals surface area contributed by atoms with E-state index in [1.54, 1.807) is 6.07 Å². The first-order chi connectivity index (χ1) is 14.8. The van der Waals surface area contributed by atoms with Crippen LogP contribution in [0.15, 0.2) is 12.1 Å². The summed E-state index contributed by atoms with van der Waals surface area (Å²) in [5, 5.41) is 11.8. The van der Waals surface area contributed by atoms with Crippen LogP contribution in [0.4, 0.5) is 0 Å². The van der Waals surface area contributed by atoms with Gasteiger partial charge in [-0.1, -0.05) is 32.8 Å². The van der Waals surface area contributed by atoms with Gasteiger partial charge < -0.3 is 21.3 Å². The molecule has 1 spiro atoms. The minimum Gasteiger partial charge on any atom is -0.480 e. The topological polar surface area (TPSA) is 116 Å². The molecule has 4 aliphatic rings. The molecule has 0 bridgehead atoms. The highest BCUT2D eigenvalue weighted by Gasteiger charge is 2.69. The summed E-state index contributed by atoms with van der Waals surface area (Å²) in [4.78, 5) is 24.7. The third kappa shape index (κ3) is 3.21. The second-order valence-electron chi connectivity index (χ2n) is 9.88. The Morgan fingerprint density at radius 2 is 1.97 bits per heavy atom. The Balaban J connectivity index is 0.000000334. The number of benzene rings is 1. The number of carbonyl (C=O) groups excluding carboxylic acids is 2. The number of nitrogens with two attached hydrogens (primary N) is 2. The summed E-state index contributed by atoms with van der Waals surface area (Å²) < 4.78 is 6.12. The second-order valence-corrected chi connectivity index (χ2v) is 9.88. The Hall–Kier alpha value is -1.92. The number of amides is 1. The summed E-state index contributed by atoms with van der Waals surface area (Å²) in [5.41, 5.74) is 11.3. The Labute approximate surface area is 184 Å². The van der Waals surface area contributed by atoms with E-state index in [1.165, 1.54) is 19.3 Å². The van der Waals surface area contributed by atoms with E-state index in [1.807, 2.05) is 13.0 Å². The zero-order chi connectivity index (χ0) is 22.4. The standard InChI is InChI=1S/C20H25NO4.C5H11N/c1-3-12-6-7-13(18(21)23)16-15(12)19-9-4-5-11(2)20(19,24)10-8-14(22)17(19)25-16;6-4-5-2-1-3-5/h6-7,11,17,24H,3-5,8-10H2,1-2H3,(H2,21,23);5H,1-4,6H2/t11-,17-,19-,20+;/m0./s1. The van der Waals surface area contributed by atoms with Gasteiger partial charge >= 0.3 is 0 Å². The lowest BCUT2D eigenvalue weighted by molar-refractivity contribution is -0.171. The number of hydrogen-bond acceptors (Lipinski definition) is 5. The van der Waals surface area contributed by atoms with E-state index < -0.39 is 23.0 Å². The molecule has 0 saturated heterocycles. The summed E-state index contributed by atoms with van der Waals surface area (Å²) in [5.74, 6) is 0.860. The van der Waals surface area contributed by atoms with Crippen LogP contribution in [0.3, 0.4) is 0 Å². The van der Waals surface area contributed by atoms with Gasteiger partial charge in [0.1, 0.15) is 5.75 Å². The highest BCUT2D eigenvalue weighted by Crippen LogP contribution is 2.62. The van der Waals surface area contributed by atoms with Gasteiger partial charge in [-0.2, -0.15) is 0 Å². The molecule has 170 valence electrons. The molecule has 3 aliphatic carbocycles. The van der Waals surface area contributed by atoms with E-state index in [2.05, 4.69) is 6.92 Å². The van der Waals surface area contributed by atoms with Gasteiger partial charge in [-0.25, -0.2) is 0 Å². The molecule has 3 fully saturated rings. The van der Waals surface area contributed by atoms with Gasteiger partial charge in [0.15, 0.2) is 11.9 Å². The van der Waals surface area contributed by atoms with Crippen molar-refractivity contribution in [2.45, 2.75) is 88.8 Å². The van der Waals surface area contributed by atoms with Crippen LogP contribution >= 0.6 is 0 Å². The Morgan fingerprint density at radius 1 is 1.23 bits per heavy atom. The minimum atomic E-state index is -0.991. The maximum atomic E-state index is 12.8. The summed E-state index contributed by atoms with van der Waals surface area (Å²) in [6, 6.07) is 3.59. The highest BCUT2D eigenvalue weighted by molar-refractivity contribution is 5.98. The molecule has 1 aliphatic heterocycles. The number of hydrogen-bond donors (Lipinski definition) is 3. The van der Waals surface area contributed by atoms with E-state index in [9.17, 15) is 14.7 Å². The number of aliphatic hydroxyl groups is 1. The zero-order valence-electron chi connectivity index (χ0n) is 18.8. The minimum absolute atomic E-state index is 0.0208. The van der Waals surface area contributed by atoms with Crippen molar-refractivity contribution in [1.82, 2.24) is 0 Å². The number of rotatable bonds is 3. The zero-order valence-corrected chi connectivity index (χ0v) is 18.8. The molecule has 0 aromatic heterocycles. The molecule has 5 rings (SSSR count). The molecular formula is C25H36N2O4. The first kappa shape index (κ1) is 22.3. The highest BCUT2D eigenvalue weighted by atomic mass is 16.5. The van der Waals surface area contributed by atoms with Crippen LogP contribution in [0, 0.1) is 11.8 Å². The molecule has 1 aromatic carbocycles. The monoisotopic (exact) mass is 428 g/mol. The van der Waals surface area contributed by atoms with Crippen molar-refractivity contribution in [2.24, 2.45) is 23.3 Å². The molecule has 4 atom stereocenters. The second kappa shape index (κ2) is 8.21. The fourth-order valence-corrected chi connectivity index (χ4v) is 6.34. The number of primary amides is 1. The summed E-state index contributed by atoms with van der Waals surface area (Å²) in [6.45, 7) is 5.02. The lowest BCUT2D eigenvalue weighted by atomic mass is 9.49. The van der Waals surface area contributed by atoms with Crippen molar-refractivity contribution in [2.75, 3.05) is 6.54 Å². The molecule has 5 N–H and O–H groups in total. The third-order valence-electron chi connectivity index (χ3n) is 8.42. The number of Topliss-reactive ketones (excluding diaryl/α,β-unsaturated/α-hetero) is 1. The number of ether oxygens (including phenoxy) is 1. The molecule has 31 heavy (non-hydrogen) atoms. The number of fused-ring (bicyclic) bond motifs is 1. The molecule has 6 heteroatoms. The van der Waals surface area contributed by atoms with E-state index in [0.29, 0.717) is 30.6 Å². The fourth-order valence-electron chi connectivity index (χ4n) is 6.34. The van der Waals surface area contributed by atoms with Gasteiger partial charge in [0.25, 0.3) is 5.91 Å². The number of aryl methyl sites for hydroxylation is 1. The van der Waals surface area contributed by atoms with Gasteiger partial charge in [-0.3, -0.25) is 9.59 Å². The van der Waals surface area contributed by atoms with Crippen molar-refractivity contribution < 1.29 is 19.4 Å². The van der Waals surface area contributed by atoms with Crippen LogP contribution in [0.5, 0.6) is 5.75 Å². The van der Waals surface area contributed by atoms with E-state index >= 15 is 0 Å². The van der Waals surface area contributed by atoms with Crippen molar-refractivity contribution in [3.63, 3.8) is 0 Å². The Bertz CT molecular complexity index is 878. The smallest absolute Gasteiger partial charge is 0.252 e. The summed E-state index contributed by atoms with van der Waals surface area (Å²) in [7, 11) is 0. The maximum Gasteiger partial charge on any atom is 0.252 e. The normalized spacial score (nSPS) is 33.7. The molecule has 0 unspecified atom stereocenters. The molecule has 1 heterocycles. The van der Waals surface area contributed by atoms with E-state index in [0.717, 1.165) is 42.9 Å². The fraction of sp³-hybridized carbons (Fsp3) is 0.680. The van der Waals surface area contributed by atoms with Crippen molar-refractivity contribution in [3.05, 3.63) is 28.8 Å². The molecule has 6 nitrogen and oxygen atoms in total. The van der Waals surface area contributed by atoms with Crippen LogP contribution in [0.1, 0.15) is 86.7 Å². The predicted molar refractivity (Wildman–Crippen MR) is 119 cm³/mol. The van der Waals surface area contributed by atoms with Gasteiger partial charge in [-0.15, -0.1) is 0 Å². The predicted octanol–water partition coefficient (Wildman–Crippen LogP) is 3.01. The molecule has 3 saturated carbocycles. The van der Waals surface area contributed by atoms with Crippen LogP contribution in [-0.2, 0) is 16.6 Å². The van der Waals surface area contributed by atoms with Gasteiger partial charge in [0, 0.05) is 12.0 Å². The van der Waals surface area contributed by atoms with Crippen LogP contribution in [0.2, 0.25) is 0 Å². The Kier molecular flexibility index (Phi) is 5.90. The average molecular weight is 429 g/mol. The average Bonchev–Trinajstić information content (AvgIpc) is 3.06. The molecule has 1 amide bonds. The van der Waals surface area contributed by atoms with E-state index in [4.69, 9.17) is 16.2 Å². The quantitative estimate of drug-likeness (QED) is 0.684. The van der Waals surface area contributed by atoms with Crippen LogP contribution < -0.4 is 16.2 Å². The van der Waals surface area contributed by atoms with Crippen molar-refractivity contribution >= 4 is 11.7 Å². The van der Waals surface area contributed by atoms with Crippen molar-refractivity contribution in [3.8, 4) is 5.75 Å². The van der Waals surface area contributed by atoms with Gasteiger partial charge in [-0.05, 0) is 68.5 Å². The number of ketones is 1. The summed E-state index contributed by atoms with van der Waals surface area (Å²) >= 11 is 0. The van der Waals surface area contributed by atoms with E-state index in [-0.39, 0.29) is 11.7 Å². The molecular weight excluding hydrogens is 392 g/mol. The van der Waals surface area contributed by atoms with Gasteiger partial charge in [0.05, 0.1) is 16.6 Å². The largest absolute Gasteiger partial charge is 0.480 e. The first-order valence-electron chi connectivity index (χ1n) is 11.9. The van der Waals surface area contributed by atoms with Crippen molar-refractivity contribution in [1.29, 1.82) is 0 Å². The van der Waals surface area contributed by atoms with Gasteiger partial charge in [0.2, 0.25) is 0 Å². The lowest BCUT2D eigenvalue weighted by Crippen LogP contribution is -2.67. The van der Waals surface area contributed by atoms with Crippen LogP contribution in [0.25, 0.3) is 0 Å². The molecule has 0 radical (unpaired) electrons. The SMILES string of the molecule is CCc1ccc(C(N)=O)c2c1[C@]13CCC[C@H](C)[C@]1(O)CCC(=O)[C@@H]3O2.NCC1CCC1. The summed E-state index contributed by atoms with van der Waals surface area (Å²) in [6.07, 6.45) is 7.56. The first-order valence-corrected chi connectivity index (χ1v) is 11.9. The van der Waals surface area contributed by atoms with Crippen LogP contribution in [-0.4, -0.2) is 35.0 Å². The maximum absolute atomic E-state index is 12.8. The third-order valence-corrected chi connectivity index (χ3v) is 8.42. The molecule has 1 aromatic rings. The Morgan fingerprint density at radius 3 is 2.52 bits per heavy atom. The lowest BCUT2D eigenvalue weighted by Gasteiger charge is -2.56.